The second-order valence-electron chi connectivity index (χ2n) is 5.71. The molecule has 120 valence electrons. The molecule has 0 bridgehead atoms. The Hall–Kier alpha value is -2.42. The van der Waals surface area contributed by atoms with Gasteiger partial charge in [0.25, 0.3) is 0 Å². The van der Waals surface area contributed by atoms with E-state index < -0.39 is 5.97 Å². The average Bonchev–Trinajstić information content (AvgIpc) is 2.56. The standard InChI is InChI=1S/C20H22O3/c21-19(10-4-8-16-6-2-1-3-7-16)18-14-12-17(13-15-18)9-5-11-20(22)23/h1-3,6-7,12-15H,4-5,8-11H2,(H,22,23). The van der Waals surface area contributed by atoms with Gasteiger partial charge in [0.05, 0.1) is 0 Å². The van der Waals surface area contributed by atoms with Gasteiger partial charge in [0.2, 0.25) is 0 Å². The van der Waals surface area contributed by atoms with E-state index in [0.29, 0.717) is 12.8 Å². The molecular formula is C20H22O3. The van der Waals surface area contributed by atoms with Gasteiger partial charge in [-0.25, -0.2) is 0 Å². The molecule has 0 fully saturated rings. The van der Waals surface area contributed by atoms with Crippen LogP contribution in [0.2, 0.25) is 0 Å². The molecule has 2 rings (SSSR count). The van der Waals surface area contributed by atoms with E-state index in [9.17, 15) is 9.59 Å². The van der Waals surface area contributed by atoms with E-state index in [4.69, 9.17) is 5.11 Å². The van der Waals surface area contributed by atoms with Gasteiger partial charge in [0, 0.05) is 18.4 Å². The number of carboxylic acid groups (broad SMARTS) is 1. The molecule has 1 N–H and O–H groups in total. The average molecular weight is 310 g/mol. The summed E-state index contributed by atoms with van der Waals surface area (Å²) in [7, 11) is 0. The third-order valence-corrected chi connectivity index (χ3v) is 3.84. The molecule has 0 saturated heterocycles. The molecule has 2 aromatic carbocycles. The Morgan fingerprint density at radius 1 is 0.739 bits per heavy atom. The molecule has 0 aliphatic carbocycles. The van der Waals surface area contributed by atoms with Crippen molar-refractivity contribution in [2.75, 3.05) is 0 Å². The highest BCUT2D eigenvalue weighted by Crippen LogP contribution is 2.12. The van der Waals surface area contributed by atoms with Crippen molar-refractivity contribution in [3.8, 4) is 0 Å². The van der Waals surface area contributed by atoms with Crippen molar-refractivity contribution < 1.29 is 14.7 Å². The number of carbonyl (C=O) groups is 2. The highest BCUT2D eigenvalue weighted by atomic mass is 16.4. The van der Waals surface area contributed by atoms with Crippen LogP contribution in [0.5, 0.6) is 0 Å². The Kier molecular flexibility index (Phi) is 6.55. The lowest BCUT2D eigenvalue weighted by Crippen LogP contribution is -2.01. The third kappa shape index (κ3) is 6.07. The molecule has 0 aromatic heterocycles. The van der Waals surface area contributed by atoms with Gasteiger partial charge in [-0.15, -0.1) is 0 Å². The van der Waals surface area contributed by atoms with Crippen molar-refractivity contribution in [1.29, 1.82) is 0 Å². The summed E-state index contributed by atoms with van der Waals surface area (Å²) in [6.45, 7) is 0. The Labute approximate surface area is 137 Å². The first-order chi connectivity index (χ1) is 11.1. The van der Waals surface area contributed by atoms with Gasteiger partial charge in [0.1, 0.15) is 0 Å². The third-order valence-electron chi connectivity index (χ3n) is 3.84. The molecule has 0 aliphatic rings. The molecule has 0 amide bonds. The van der Waals surface area contributed by atoms with Gasteiger partial charge in [-0.2, -0.15) is 0 Å². The molecule has 0 radical (unpaired) electrons. The summed E-state index contributed by atoms with van der Waals surface area (Å²) in [5.41, 5.74) is 3.07. The molecule has 3 heteroatoms. The first-order valence-corrected chi connectivity index (χ1v) is 8.03. The first-order valence-electron chi connectivity index (χ1n) is 8.03. The van der Waals surface area contributed by atoms with Crippen LogP contribution < -0.4 is 0 Å². The van der Waals surface area contributed by atoms with Crippen LogP contribution in [-0.4, -0.2) is 16.9 Å². The second-order valence-corrected chi connectivity index (χ2v) is 5.71. The number of hydrogen-bond acceptors (Lipinski definition) is 2. The van der Waals surface area contributed by atoms with Gasteiger partial charge in [-0.05, 0) is 36.8 Å². The summed E-state index contributed by atoms with van der Waals surface area (Å²) < 4.78 is 0. The summed E-state index contributed by atoms with van der Waals surface area (Å²) in [5, 5.41) is 8.63. The molecule has 0 aliphatic heterocycles. The summed E-state index contributed by atoms with van der Waals surface area (Å²) in [6, 6.07) is 17.7. The zero-order valence-corrected chi connectivity index (χ0v) is 13.2. The number of rotatable bonds is 9. The van der Waals surface area contributed by atoms with Crippen molar-refractivity contribution in [1.82, 2.24) is 0 Å². The smallest absolute Gasteiger partial charge is 0.303 e. The first kappa shape index (κ1) is 16.9. The quantitative estimate of drug-likeness (QED) is 0.703. The zero-order valence-electron chi connectivity index (χ0n) is 13.2. The van der Waals surface area contributed by atoms with Crippen molar-refractivity contribution in [2.24, 2.45) is 0 Å². The normalized spacial score (nSPS) is 10.4. The fraction of sp³-hybridized carbons (Fsp3) is 0.300. The predicted octanol–water partition coefficient (Wildman–Crippen LogP) is 4.30. The maximum Gasteiger partial charge on any atom is 0.303 e. The number of aliphatic carboxylic acids is 1. The minimum Gasteiger partial charge on any atom is -0.481 e. The van der Waals surface area contributed by atoms with Crippen LogP contribution in [0.3, 0.4) is 0 Å². The number of aryl methyl sites for hydroxylation is 2. The van der Waals surface area contributed by atoms with Gasteiger partial charge in [-0.3, -0.25) is 9.59 Å². The van der Waals surface area contributed by atoms with Gasteiger partial charge >= 0.3 is 5.97 Å². The molecule has 0 spiro atoms. The van der Waals surface area contributed by atoms with Crippen molar-refractivity contribution in [3.05, 3.63) is 71.3 Å². The van der Waals surface area contributed by atoms with Crippen LogP contribution in [0.15, 0.2) is 54.6 Å². The fourth-order valence-corrected chi connectivity index (χ4v) is 2.54. The maximum absolute atomic E-state index is 12.2. The van der Waals surface area contributed by atoms with E-state index in [1.807, 2.05) is 42.5 Å². The largest absolute Gasteiger partial charge is 0.481 e. The molecule has 0 unspecified atom stereocenters. The van der Waals surface area contributed by atoms with Gasteiger partial charge in [-0.1, -0.05) is 54.6 Å². The Balaban J connectivity index is 1.77. The molecule has 0 atom stereocenters. The van der Waals surface area contributed by atoms with Crippen molar-refractivity contribution in [2.45, 2.75) is 38.5 Å². The SMILES string of the molecule is O=C(O)CCCc1ccc(C(=O)CCCc2ccccc2)cc1. The molecule has 0 heterocycles. The molecule has 2 aromatic rings. The van der Waals surface area contributed by atoms with E-state index in [1.165, 1.54) is 5.56 Å². The number of Topliss-reactive ketones (excluding diaryl/α,β-unsaturated/α-hetero) is 1. The van der Waals surface area contributed by atoms with Gasteiger partial charge in [0.15, 0.2) is 5.78 Å². The van der Waals surface area contributed by atoms with E-state index in [-0.39, 0.29) is 12.2 Å². The Morgan fingerprint density at radius 3 is 1.91 bits per heavy atom. The summed E-state index contributed by atoms with van der Waals surface area (Å²) in [5.74, 6) is -0.603. The lowest BCUT2D eigenvalue weighted by Gasteiger charge is -2.04. The zero-order chi connectivity index (χ0) is 16.5. The van der Waals surface area contributed by atoms with Crippen LogP contribution in [0.4, 0.5) is 0 Å². The van der Waals surface area contributed by atoms with E-state index in [1.54, 1.807) is 0 Å². The second kappa shape index (κ2) is 8.89. The molecular weight excluding hydrogens is 288 g/mol. The summed E-state index contributed by atoms with van der Waals surface area (Å²) in [4.78, 5) is 22.7. The molecule has 3 nitrogen and oxygen atoms in total. The molecule has 0 saturated carbocycles. The highest BCUT2D eigenvalue weighted by Gasteiger charge is 2.06. The van der Waals surface area contributed by atoms with E-state index >= 15 is 0 Å². The van der Waals surface area contributed by atoms with Crippen LogP contribution in [0.25, 0.3) is 0 Å². The van der Waals surface area contributed by atoms with Crippen molar-refractivity contribution in [3.63, 3.8) is 0 Å². The summed E-state index contributed by atoms with van der Waals surface area (Å²) >= 11 is 0. The number of carbonyl (C=O) groups excluding carboxylic acids is 1. The van der Waals surface area contributed by atoms with Crippen molar-refractivity contribution >= 4 is 11.8 Å². The lowest BCUT2D eigenvalue weighted by molar-refractivity contribution is -0.137. The van der Waals surface area contributed by atoms with E-state index in [0.717, 1.165) is 30.4 Å². The fourth-order valence-electron chi connectivity index (χ4n) is 2.54. The number of ketones is 1. The highest BCUT2D eigenvalue weighted by molar-refractivity contribution is 5.96. The summed E-state index contributed by atoms with van der Waals surface area (Å²) in [6.07, 6.45) is 3.85. The lowest BCUT2D eigenvalue weighted by atomic mass is 10.0. The minimum atomic E-state index is -0.768. The van der Waals surface area contributed by atoms with Crippen LogP contribution in [-0.2, 0) is 17.6 Å². The monoisotopic (exact) mass is 310 g/mol. The maximum atomic E-state index is 12.2. The predicted molar refractivity (Wildman–Crippen MR) is 90.7 cm³/mol. The number of hydrogen-bond donors (Lipinski definition) is 1. The molecule has 23 heavy (non-hydrogen) atoms. The minimum absolute atomic E-state index is 0.165. The Bertz CT molecular complexity index is 630. The Morgan fingerprint density at radius 2 is 1.30 bits per heavy atom. The van der Waals surface area contributed by atoms with Crippen LogP contribution in [0, 0.1) is 0 Å². The van der Waals surface area contributed by atoms with Crippen LogP contribution in [0.1, 0.15) is 47.2 Å². The van der Waals surface area contributed by atoms with Gasteiger partial charge < -0.3 is 5.11 Å². The van der Waals surface area contributed by atoms with Crippen LogP contribution >= 0.6 is 0 Å². The topological polar surface area (TPSA) is 54.4 Å². The number of benzene rings is 2. The number of carboxylic acids is 1. The van der Waals surface area contributed by atoms with E-state index in [2.05, 4.69) is 12.1 Å².